The van der Waals surface area contributed by atoms with E-state index < -0.39 is 0 Å². The van der Waals surface area contributed by atoms with Gasteiger partial charge in [0.2, 0.25) is 5.91 Å². The fourth-order valence-corrected chi connectivity index (χ4v) is 3.78. The predicted octanol–water partition coefficient (Wildman–Crippen LogP) is 3.41. The maximum atomic E-state index is 12.4. The highest BCUT2D eigenvalue weighted by Gasteiger charge is 2.25. The van der Waals surface area contributed by atoms with E-state index in [4.69, 9.17) is 4.74 Å². The number of carbonyl (C=O) groups excluding carboxylic acids is 1. The summed E-state index contributed by atoms with van der Waals surface area (Å²) >= 11 is 0. The van der Waals surface area contributed by atoms with Crippen LogP contribution in [0.3, 0.4) is 0 Å². The van der Waals surface area contributed by atoms with Gasteiger partial charge in [-0.2, -0.15) is 5.10 Å². The highest BCUT2D eigenvalue weighted by Crippen LogP contribution is 2.24. The number of amides is 1. The Bertz CT molecular complexity index is 954. The third-order valence-electron chi connectivity index (χ3n) is 5.34. The van der Waals surface area contributed by atoms with Crippen LogP contribution in [0.4, 0.5) is 5.82 Å². The minimum Gasteiger partial charge on any atom is -0.496 e. The first-order valence-corrected chi connectivity index (χ1v) is 10.00. The summed E-state index contributed by atoms with van der Waals surface area (Å²) in [5.74, 6) is 1.84. The average molecular weight is 390 g/mol. The summed E-state index contributed by atoms with van der Waals surface area (Å²) in [5.41, 5.74) is 3.18. The Labute approximate surface area is 170 Å². The Morgan fingerprint density at radius 1 is 1.21 bits per heavy atom. The van der Waals surface area contributed by atoms with Gasteiger partial charge in [0.25, 0.3) is 0 Å². The number of aromatic nitrogens is 2. The van der Waals surface area contributed by atoms with Crippen molar-refractivity contribution in [1.29, 1.82) is 0 Å². The summed E-state index contributed by atoms with van der Waals surface area (Å²) in [4.78, 5) is 14.6. The first kappa shape index (κ1) is 19.1. The molecule has 2 heterocycles. The van der Waals surface area contributed by atoms with Crippen LogP contribution in [0.2, 0.25) is 0 Å². The van der Waals surface area contributed by atoms with Crippen molar-refractivity contribution in [2.75, 3.05) is 25.1 Å². The molecule has 2 aromatic carbocycles. The van der Waals surface area contributed by atoms with Crippen LogP contribution in [0.15, 0.2) is 60.7 Å². The van der Waals surface area contributed by atoms with Crippen molar-refractivity contribution in [2.24, 2.45) is 0 Å². The zero-order chi connectivity index (χ0) is 20.1. The van der Waals surface area contributed by atoms with Crippen molar-refractivity contribution >= 4 is 11.7 Å². The Morgan fingerprint density at radius 2 is 2.00 bits per heavy atom. The average Bonchev–Trinajstić information content (AvgIpc) is 3.43. The molecule has 0 aliphatic carbocycles. The van der Waals surface area contributed by atoms with E-state index in [0.717, 1.165) is 47.9 Å². The monoisotopic (exact) mass is 390 g/mol. The van der Waals surface area contributed by atoms with Gasteiger partial charge in [0.1, 0.15) is 5.75 Å². The molecule has 0 spiro atoms. The third kappa shape index (κ3) is 4.59. The molecule has 1 unspecified atom stereocenters. The van der Waals surface area contributed by atoms with E-state index in [9.17, 15) is 4.79 Å². The lowest BCUT2D eigenvalue weighted by atomic mass is 10.1. The van der Waals surface area contributed by atoms with Crippen LogP contribution >= 0.6 is 0 Å². The lowest BCUT2D eigenvalue weighted by Crippen LogP contribution is -2.37. The predicted molar refractivity (Wildman–Crippen MR) is 114 cm³/mol. The molecule has 3 aromatic rings. The maximum Gasteiger partial charge on any atom is 0.220 e. The quantitative estimate of drug-likeness (QED) is 0.649. The molecule has 1 saturated heterocycles. The molecule has 6 heteroatoms. The number of H-pyrrole nitrogens is 1. The fourth-order valence-electron chi connectivity index (χ4n) is 3.78. The van der Waals surface area contributed by atoms with Gasteiger partial charge >= 0.3 is 0 Å². The van der Waals surface area contributed by atoms with Gasteiger partial charge in [-0.25, -0.2) is 0 Å². The molecule has 1 aliphatic rings. The number of nitrogens with one attached hydrogen (secondary N) is 2. The van der Waals surface area contributed by atoms with Crippen LogP contribution in [0.25, 0.3) is 11.3 Å². The zero-order valence-electron chi connectivity index (χ0n) is 16.6. The van der Waals surface area contributed by atoms with E-state index >= 15 is 0 Å². The summed E-state index contributed by atoms with van der Waals surface area (Å²) in [7, 11) is 1.66. The molecule has 150 valence electrons. The lowest BCUT2D eigenvalue weighted by molar-refractivity contribution is -0.121. The minimum absolute atomic E-state index is 0.0785. The van der Waals surface area contributed by atoms with Crippen LogP contribution in [0, 0.1) is 0 Å². The second-order valence-corrected chi connectivity index (χ2v) is 7.32. The number of carbonyl (C=O) groups is 1. The highest BCUT2D eigenvalue weighted by atomic mass is 16.5. The van der Waals surface area contributed by atoms with Crippen molar-refractivity contribution in [3.05, 3.63) is 66.2 Å². The number of anilines is 1. The largest absolute Gasteiger partial charge is 0.496 e. The lowest BCUT2D eigenvalue weighted by Gasteiger charge is -2.16. The summed E-state index contributed by atoms with van der Waals surface area (Å²) in [6, 6.07) is 20.2. The molecular weight excluding hydrogens is 364 g/mol. The molecular formula is C23H26N4O2. The number of hydrogen-bond donors (Lipinski definition) is 2. The second-order valence-electron chi connectivity index (χ2n) is 7.32. The number of benzene rings is 2. The molecule has 1 amide bonds. The molecule has 1 fully saturated rings. The molecule has 2 N–H and O–H groups in total. The molecule has 0 radical (unpaired) electrons. The topological polar surface area (TPSA) is 70.2 Å². The summed E-state index contributed by atoms with van der Waals surface area (Å²) < 4.78 is 5.36. The van der Waals surface area contributed by atoms with Gasteiger partial charge in [-0.05, 0) is 30.0 Å². The number of aryl methyl sites for hydroxylation is 1. The molecule has 29 heavy (non-hydrogen) atoms. The van der Waals surface area contributed by atoms with Crippen LogP contribution in [-0.4, -0.2) is 42.3 Å². The standard InChI is InChI=1S/C23H26N4O2/c1-29-21-10-6-5-9-18(21)11-12-23(28)24-19-13-14-27(16-19)22-15-20(25-26-22)17-7-3-2-4-8-17/h2-10,15,19H,11-14,16H2,1H3,(H,24,28)(H,25,26). The van der Waals surface area contributed by atoms with Crippen molar-refractivity contribution in [2.45, 2.75) is 25.3 Å². The first-order chi connectivity index (χ1) is 14.2. The summed E-state index contributed by atoms with van der Waals surface area (Å²) in [6.07, 6.45) is 2.05. The fraction of sp³-hybridized carbons (Fsp3) is 0.304. The number of para-hydroxylation sites is 1. The minimum atomic E-state index is 0.0785. The van der Waals surface area contributed by atoms with Gasteiger partial charge in [-0.3, -0.25) is 9.89 Å². The number of hydrogen-bond acceptors (Lipinski definition) is 4. The van der Waals surface area contributed by atoms with Gasteiger partial charge in [-0.1, -0.05) is 48.5 Å². The van der Waals surface area contributed by atoms with Gasteiger partial charge in [0, 0.05) is 31.6 Å². The van der Waals surface area contributed by atoms with E-state index in [-0.39, 0.29) is 11.9 Å². The Morgan fingerprint density at radius 3 is 2.83 bits per heavy atom. The molecule has 4 rings (SSSR count). The van der Waals surface area contributed by atoms with Crippen LogP contribution in [0.1, 0.15) is 18.4 Å². The van der Waals surface area contributed by atoms with Gasteiger partial charge in [0.05, 0.1) is 12.8 Å². The van der Waals surface area contributed by atoms with Gasteiger partial charge < -0.3 is 15.0 Å². The van der Waals surface area contributed by atoms with E-state index in [1.54, 1.807) is 7.11 Å². The van der Waals surface area contributed by atoms with E-state index in [2.05, 4.69) is 38.6 Å². The van der Waals surface area contributed by atoms with Crippen molar-refractivity contribution in [3.8, 4) is 17.0 Å². The van der Waals surface area contributed by atoms with E-state index in [1.807, 2.05) is 42.5 Å². The number of methoxy groups -OCH3 is 1. The zero-order valence-corrected chi connectivity index (χ0v) is 16.6. The first-order valence-electron chi connectivity index (χ1n) is 10.00. The van der Waals surface area contributed by atoms with Crippen molar-refractivity contribution in [3.63, 3.8) is 0 Å². The van der Waals surface area contributed by atoms with Crippen LogP contribution < -0.4 is 15.0 Å². The number of rotatable bonds is 7. The van der Waals surface area contributed by atoms with Gasteiger partial charge in [0.15, 0.2) is 5.82 Å². The number of nitrogens with zero attached hydrogens (tertiary/aromatic N) is 2. The summed E-state index contributed by atoms with van der Waals surface area (Å²) in [5, 5.41) is 10.7. The Hall–Kier alpha value is -3.28. The van der Waals surface area contributed by atoms with Crippen molar-refractivity contribution < 1.29 is 9.53 Å². The van der Waals surface area contributed by atoms with Crippen LogP contribution in [0.5, 0.6) is 5.75 Å². The van der Waals surface area contributed by atoms with E-state index in [1.165, 1.54) is 0 Å². The number of ether oxygens (including phenoxy) is 1. The van der Waals surface area contributed by atoms with Crippen LogP contribution in [-0.2, 0) is 11.2 Å². The Kier molecular flexibility index (Phi) is 5.79. The highest BCUT2D eigenvalue weighted by molar-refractivity contribution is 5.77. The third-order valence-corrected chi connectivity index (χ3v) is 5.34. The van der Waals surface area contributed by atoms with Crippen molar-refractivity contribution in [1.82, 2.24) is 15.5 Å². The molecule has 6 nitrogen and oxygen atoms in total. The molecule has 1 aliphatic heterocycles. The van der Waals surface area contributed by atoms with Gasteiger partial charge in [-0.15, -0.1) is 0 Å². The Balaban J connectivity index is 1.29. The number of aromatic amines is 1. The molecule has 1 aromatic heterocycles. The maximum absolute atomic E-state index is 12.4. The second kappa shape index (κ2) is 8.82. The molecule has 1 atom stereocenters. The normalized spacial score (nSPS) is 16.0. The SMILES string of the molecule is COc1ccccc1CCC(=O)NC1CCN(c2cc(-c3ccccc3)[nH]n2)C1. The van der Waals surface area contributed by atoms with E-state index in [0.29, 0.717) is 12.8 Å². The molecule has 0 bridgehead atoms. The smallest absolute Gasteiger partial charge is 0.220 e. The molecule has 0 saturated carbocycles. The summed E-state index contributed by atoms with van der Waals surface area (Å²) in [6.45, 7) is 1.66.